The minimum Gasteiger partial charge on any atom is -0.461 e. The summed E-state index contributed by atoms with van der Waals surface area (Å²) < 4.78 is 10.4. The first kappa shape index (κ1) is 17.7. The number of hydrogen-bond acceptors (Lipinski definition) is 4. The van der Waals surface area contributed by atoms with Gasteiger partial charge in [-0.2, -0.15) is 0 Å². The van der Waals surface area contributed by atoms with Gasteiger partial charge in [0.25, 0.3) is 0 Å². The summed E-state index contributed by atoms with van der Waals surface area (Å²) in [5.74, 6) is -0.690. The standard InChI is InChI=1S/C16H21BrO4/c1-16(2,3)21-15(19)13(17)9-10-14(18)20-11-12-7-5-4-6-8-12/h4-8,13H,9-11H2,1-3H3/t13-/m1/s1. The van der Waals surface area contributed by atoms with E-state index in [1.165, 1.54) is 0 Å². The summed E-state index contributed by atoms with van der Waals surface area (Å²) in [7, 11) is 0. The van der Waals surface area contributed by atoms with Gasteiger partial charge in [0.2, 0.25) is 0 Å². The second-order valence-electron chi connectivity index (χ2n) is 5.69. The Hall–Kier alpha value is -1.36. The highest BCUT2D eigenvalue weighted by Crippen LogP contribution is 2.16. The lowest BCUT2D eigenvalue weighted by Crippen LogP contribution is -2.29. The summed E-state index contributed by atoms with van der Waals surface area (Å²) in [6.07, 6.45) is 0.518. The van der Waals surface area contributed by atoms with Gasteiger partial charge >= 0.3 is 11.9 Å². The lowest BCUT2D eigenvalue weighted by Gasteiger charge is -2.21. The maximum atomic E-state index is 11.7. The van der Waals surface area contributed by atoms with Gasteiger partial charge in [-0.3, -0.25) is 9.59 Å². The highest BCUT2D eigenvalue weighted by Gasteiger charge is 2.23. The van der Waals surface area contributed by atoms with Crippen molar-refractivity contribution in [3.05, 3.63) is 35.9 Å². The van der Waals surface area contributed by atoms with Crippen LogP contribution in [0.5, 0.6) is 0 Å². The van der Waals surface area contributed by atoms with E-state index in [1.807, 2.05) is 30.3 Å². The lowest BCUT2D eigenvalue weighted by molar-refractivity contribution is -0.154. The molecular weight excluding hydrogens is 336 g/mol. The zero-order valence-corrected chi connectivity index (χ0v) is 14.2. The Morgan fingerprint density at radius 1 is 1.19 bits per heavy atom. The van der Waals surface area contributed by atoms with Crippen LogP contribution in [0.4, 0.5) is 0 Å². The van der Waals surface area contributed by atoms with Gasteiger partial charge in [-0.25, -0.2) is 0 Å². The van der Waals surface area contributed by atoms with Crippen molar-refractivity contribution < 1.29 is 19.1 Å². The number of rotatable bonds is 6. The third kappa shape index (κ3) is 7.85. The van der Waals surface area contributed by atoms with Crippen molar-refractivity contribution in [1.82, 2.24) is 0 Å². The summed E-state index contributed by atoms with van der Waals surface area (Å²) in [6.45, 7) is 5.66. The number of benzene rings is 1. The van der Waals surface area contributed by atoms with Gasteiger partial charge in [-0.1, -0.05) is 46.3 Å². The molecule has 0 saturated carbocycles. The molecule has 0 aliphatic heterocycles. The Morgan fingerprint density at radius 3 is 2.38 bits per heavy atom. The normalized spacial score (nSPS) is 12.6. The molecular formula is C16H21BrO4. The molecule has 1 aromatic rings. The second kappa shape index (κ2) is 8.17. The maximum absolute atomic E-state index is 11.7. The smallest absolute Gasteiger partial charge is 0.320 e. The molecule has 0 radical (unpaired) electrons. The van der Waals surface area contributed by atoms with Crippen LogP contribution < -0.4 is 0 Å². The van der Waals surface area contributed by atoms with E-state index in [2.05, 4.69) is 15.9 Å². The molecule has 0 aliphatic carbocycles. The van der Waals surface area contributed by atoms with E-state index in [1.54, 1.807) is 20.8 Å². The Balaban J connectivity index is 2.28. The monoisotopic (exact) mass is 356 g/mol. The number of carbonyl (C=O) groups excluding carboxylic acids is 2. The molecule has 0 amide bonds. The summed E-state index contributed by atoms with van der Waals surface area (Å²) in [4.78, 5) is 22.9. The highest BCUT2D eigenvalue weighted by atomic mass is 79.9. The molecule has 0 N–H and O–H groups in total. The Kier molecular flexibility index (Phi) is 6.89. The number of ether oxygens (including phenoxy) is 2. The molecule has 1 aromatic carbocycles. The van der Waals surface area contributed by atoms with Crippen molar-refractivity contribution in [3.63, 3.8) is 0 Å². The zero-order chi connectivity index (χ0) is 15.9. The predicted octanol–water partition coefficient (Wildman–Crippen LogP) is 3.62. The van der Waals surface area contributed by atoms with Gasteiger partial charge in [0, 0.05) is 6.42 Å². The van der Waals surface area contributed by atoms with Gasteiger partial charge in [-0.05, 0) is 32.8 Å². The van der Waals surface area contributed by atoms with Gasteiger partial charge in [0.15, 0.2) is 0 Å². The van der Waals surface area contributed by atoms with Gasteiger partial charge in [0.05, 0.1) is 0 Å². The van der Waals surface area contributed by atoms with E-state index in [-0.39, 0.29) is 25.0 Å². The maximum Gasteiger partial charge on any atom is 0.320 e. The minimum atomic E-state index is -0.531. The quantitative estimate of drug-likeness (QED) is 0.577. The van der Waals surface area contributed by atoms with Gasteiger partial charge in [-0.15, -0.1) is 0 Å². The fourth-order valence-electron chi connectivity index (χ4n) is 1.54. The van der Waals surface area contributed by atoms with Crippen molar-refractivity contribution in [3.8, 4) is 0 Å². The summed E-state index contributed by atoms with van der Waals surface area (Å²) in [6, 6.07) is 9.46. The Morgan fingerprint density at radius 2 is 1.81 bits per heavy atom. The van der Waals surface area contributed by atoms with Crippen LogP contribution in [0.1, 0.15) is 39.2 Å². The van der Waals surface area contributed by atoms with Crippen LogP contribution in [-0.2, 0) is 25.7 Å². The lowest BCUT2D eigenvalue weighted by atomic mass is 10.2. The molecule has 0 heterocycles. The van der Waals surface area contributed by atoms with Crippen LogP contribution in [0.15, 0.2) is 30.3 Å². The van der Waals surface area contributed by atoms with Crippen molar-refractivity contribution in [2.75, 3.05) is 0 Å². The first-order valence-corrected chi connectivity index (χ1v) is 7.76. The number of alkyl halides is 1. The van der Waals surface area contributed by atoms with Crippen LogP contribution in [0.25, 0.3) is 0 Å². The number of esters is 2. The molecule has 116 valence electrons. The van der Waals surface area contributed by atoms with E-state index < -0.39 is 10.4 Å². The molecule has 5 heteroatoms. The average Bonchev–Trinajstić information content (AvgIpc) is 2.41. The molecule has 0 spiro atoms. The van der Waals surface area contributed by atoms with E-state index >= 15 is 0 Å². The van der Waals surface area contributed by atoms with Crippen LogP contribution in [0.2, 0.25) is 0 Å². The Bertz CT molecular complexity index is 465. The second-order valence-corrected chi connectivity index (χ2v) is 6.79. The Labute approximate surface area is 133 Å². The fourth-order valence-corrected chi connectivity index (χ4v) is 1.86. The minimum absolute atomic E-state index is 0.169. The van der Waals surface area contributed by atoms with Crippen LogP contribution in [0, 0.1) is 0 Å². The summed E-state index contributed by atoms with van der Waals surface area (Å²) in [5, 5.41) is 0. The van der Waals surface area contributed by atoms with Crippen molar-refractivity contribution in [1.29, 1.82) is 0 Å². The topological polar surface area (TPSA) is 52.6 Å². The largest absolute Gasteiger partial charge is 0.461 e. The van der Waals surface area contributed by atoms with Gasteiger partial charge < -0.3 is 9.47 Å². The van der Waals surface area contributed by atoms with Crippen LogP contribution in [0.3, 0.4) is 0 Å². The molecule has 0 aromatic heterocycles. The van der Waals surface area contributed by atoms with E-state index in [0.29, 0.717) is 6.42 Å². The number of hydrogen-bond donors (Lipinski definition) is 0. The van der Waals surface area contributed by atoms with Crippen LogP contribution >= 0.6 is 15.9 Å². The van der Waals surface area contributed by atoms with Crippen molar-refractivity contribution in [2.24, 2.45) is 0 Å². The average molecular weight is 357 g/mol. The molecule has 0 fully saturated rings. The molecule has 4 nitrogen and oxygen atoms in total. The van der Waals surface area contributed by atoms with E-state index in [4.69, 9.17) is 9.47 Å². The molecule has 21 heavy (non-hydrogen) atoms. The first-order valence-electron chi connectivity index (χ1n) is 6.84. The number of halogens is 1. The molecule has 0 saturated heterocycles. The molecule has 1 rings (SSSR count). The molecule has 0 bridgehead atoms. The fraction of sp³-hybridized carbons (Fsp3) is 0.500. The zero-order valence-electron chi connectivity index (χ0n) is 12.6. The van der Waals surface area contributed by atoms with Crippen molar-refractivity contribution in [2.45, 2.75) is 50.6 Å². The highest BCUT2D eigenvalue weighted by molar-refractivity contribution is 9.10. The number of carbonyl (C=O) groups is 2. The van der Waals surface area contributed by atoms with E-state index in [9.17, 15) is 9.59 Å². The summed E-state index contributed by atoms with van der Waals surface area (Å²) >= 11 is 3.24. The molecule has 0 aliphatic rings. The van der Waals surface area contributed by atoms with Gasteiger partial charge in [0.1, 0.15) is 17.0 Å². The molecule has 1 atom stereocenters. The SMILES string of the molecule is CC(C)(C)OC(=O)[C@H](Br)CCC(=O)OCc1ccccc1. The van der Waals surface area contributed by atoms with E-state index in [0.717, 1.165) is 5.56 Å². The first-order chi connectivity index (χ1) is 9.78. The van der Waals surface area contributed by atoms with Crippen LogP contribution in [-0.4, -0.2) is 22.4 Å². The predicted molar refractivity (Wildman–Crippen MR) is 84.0 cm³/mol. The third-order valence-electron chi connectivity index (χ3n) is 2.51. The molecule has 0 unspecified atom stereocenters. The summed E-state index contributed by atoms with van der Waals surface area (Å²) in [5.41, 5.74) is 0.407. The van der Waals surface area contributed by atoms with Crippen molar-refractivity contribution >= 4 is 27.9 Å². The third-order valence-corrected chi connectivity index (χ3v) is 3.34.